The zero-order valence-corrected chi connectivity index (χ0v) is 29.3. The molecular weight excluding hydrogens is 606 g/mol. The van der Waals surface area contributed by atoms with Gasteiger partial charge in [0, 0.05) is 36.6 Å². The Balaban J connectivity index is 1.46. The molecule has 4 rings (SSSR count). The summed E-state index contributed by atoms with van der Waals surface area (Å²) < 4.78 is 5.55. The summed E-state index contributed by atoms with van der Waals surface area (Å²) in [7, 11) is 0. The van der Waals surface area contributed by atoms with Gasteiger partial charge in [0.2, 0.25) is 11.8 Å². The molecule has 2 atom stereocenters. The van der Waals surface area contributed by atoms with Crippen molar-refractivity contribution in [3.8, 4) is 0 Å². The number of carbonyl (C=O) groups is 4. The van der Waals surface area contributed by atoms with E-state index in [0.717, 1.165) is 31.2 Å². The third kappa shape index (κ3) is 9.59. The van der Waals surface area contributed by atoms with Crippen molar-refractivity contribution < 1.29 is 23.9 Å². The van der Waals surface area contributed by atoms with Gasteiger partial charge in [-0.3, -0.25) is 24.7 Å². The van der Waals surface area contributed by atoms with Crippen molar-refractivity contribution in [1.82, 2.24) is 26.0 Å². The van der Waals surface area contributed by atoms with Gasteiger partial charge in [-0.1, -0.05) is 43.0 Å². The summed E-state index contributed by atoms with van der Waals surface area (Å²) in [6.45, 7) is 12.9. The highest BCUT2D eigenvalue weighted by Crippen LogP contribution is 2.46. The predicted octanol–water partition coefficient (Wildman–Crippen LogP) is 5.38. The third-order valence-corrected chi connectivity index (χ3v) is 9.67. The highest BCUT2D eigenvalue weighted by atomic mass is 35.5. The molecule has 46 heavy (non-hydrogen) atoms. The van der Waals surface area contributed by atoms with Crippen LogP contribution in [0, 0.1) is 11.3 Å². The summed E-state index contributed by atoms with van der Waals surface area (Å²) in [6, 6.07) is 5.58. The summed E-state index contributed by atoms with van der Waals surface area (Å²) in [5.41, 5.74) is 2.43. The zero-order valence-electron chi connectivity index (χ0n) is 28.5. The highest BCUT2D eigenvalue weighted by Gasteiger charge is 2.48. The summed E-state index contributed by atoms with van der Waals surface area (Å²) in [5, 5.41) is 8.68. The fourth-order valence-corrected chi connectivity index (χ4v) is 7.23. The lowest BCUT2D eigenvalue weighted by molar-refractivity contribution is -0.143. The number of hydrogen-bond donors (Lipinski definition) is 3. The maximum atomic E-state index is 13.8. The number of nitrogens with one attached hydrogen (secondary N) is 3. The lowest BCUT2D eigenvalue weighted by atomic mass is 9.63. The van der Waals surface area contributed by atoms with Gasteiger partial charge in [0.05, 0.1) is 5.41 Å². The molecule has 256 valence electrons. The Labute approximate surface area is 279 Å². The Bertz CT molecular complexity index is 1230. The maximum absolute atomic E-state index is 13.8. The Morgan fingerprint density at radius 3 is 2.13 bits per heavy atom. The molecule has 3 aliphatic rings. The second-order valence-corrected chi connectivity index (χ2v) is 15.8. The number of halogens is 1. The van der Waals surface area contributed by atoms with Crippen LogP contribution in [0.4, 0.5) is 4.79 Å². The van der Waals surface area contributed by atoms with Crippen LogP contribution in [0.1, 0.15) is 105 Å². The van der Waals surface area contributed by atoms with Gasteiger partial charge in [-0.2, -0.15) is 0 Å². The molecule has 10 nitrogen and oxygen atoms in total. The van der Waals surface area contributed by atoms with Crippen molar-refractivity contribution in [1.29, 1.82) is 0 Å². The molecular formula is C35H54ClN5O5. The van der Waals surface area contributed by atoms with Gasteiger partial charge < -0.3 is 15.4 Å². The van der Waals surface area contributed by atoms with Crippen LogP contribution in [0.2, 0.25) is 5.02 Å². The van der Waals surface area contributed by atoms with Crippen LogP contribution in [-0.2, 0) is 25.5 Å². The first-order valence-electron chi connectivity index (χ1n) is 17.0. The molecule has 1 saturated carbocycles. The van der Waals surface area contributed by atoms with Crippen LogP contribution in [0.15, 0.2) is 24.3 Å². The molecule has 4 amide bonds. The quantitative estimate of drug-likeness (QED) is 0.345. The Kier molecular flexibility index (Phi) is 11.7. The smallest absolute Gasteiger partial charge is 0.410 e. The van der Waals surface area contributed by atoms with E-state index >= 15 is 0 Å². The molecule has 0 spiro atoms. The molecule has 11 heteroatoms. The van der Waals surface area contributed by atoms with E-state index in [-0.39, 0.29) is 29.7 Å². The first-order valence-corrected chi connectivity index (χ1v) is 17.4. The fourth-order valence-electron chi connectivity index (χ4n) is 7.10. The Morgan fingerprint density at radius 1 is 0.913 bits per heavy atom. The van der Waals surface area contributed by atoms with E-state index in [0.29, 0.717) is 56.3 Å². The van der Waals surface area contributed by atoms with Crippen molar-refractivity contribution in [3.63, 3.8) is 0 Å². The second-order valence-electron chi connectivity index (χ2n) is 15.4. The van der Waals surface area contributed by atoms with E-state index in [2.05, 4.69) is 16.1 Å². The molecule has 0 bridgehead atoms. The number of ether oxygens (including phenoxy) is 1. The van der Waals surface area contributed by atoms with E-state index in [9.17, 15) is 19.2 Å². The van der Waals surface area contributed by atoms with Crippen LogP contribution in [-0.4, -0.2) is 76.6 Å². The van der Waals surface area contributed by atoms with Crippen molar-refractivity contribution in [2.24, 2.45) is 11.3 Å². The number of carbonyl (C=O) groups excluding carboxylic acids is 4. The minimum atomic E-state index is -0.885. The number of hydrazine groups is 1. The van der Waals surface area contributed by atoms with Gasteiger partial charge >= 0.3 is 6.09 Å². The molecule has 0 aromatic heterocycles. The van der Waals surface area contributed by atoms with Gasteiger partial charge in [-0.05, 0) is 104 Å². The summed E-state index contributed by atoms with van der Waals surface area (Å²) in [4.78, 5) is 55.6. The molecule has 3 fully saturated rings. The molecule has 1 aliphatic carbocycles. The summed E-state index contributed by atoms with van der Waals surface area (Å²) in [6.07, 6.45) is 7.81. The van der Waals surface area contributed by atoms with Gasteiger partial charge in [-0.25, -0.2) is 9.80 Å². The number of piperidine rings is 1. The number of benzene rings is 1. The first-order chi connectivity index (χ1) is 21.6. The average molecular weight is 660 g/mol. The van der Waals surface area contributed by atoms with E-state index in [1.54, 1.807) is 32.9 Å². The second kappa shape index (κ2) is 14.9. The lowest BCUT2D eigenvalue weighted by Crippen LogP contribution is -2.61. The Hall–Kier alpha value is -2.85. The molecule has 2 heterocycles. The van der Waals surface area contributed by atoms with Crippen molar-refractivity contribution in [2.75, 3.05) is 19.6 Å². The Morgan fingerprint density at radius 2 is 1.54 bits per heavy atom. The number of likely N-dealkylation sites (tertiary alicyclic amines) is 1. The fraction of sp³-hybridized carbons (Fsp3) is 0.714. The van der Waals surface area contributed by atoms with Crippen molar-refractivity contribution in [3.05, 3.63) is 34.9 Å². The molecule has 1 aromatic rings. The third-order valence-electron chi connectivity index (χ3n) is 9.42. The highest BCUT2D eigenvalue weighted by molar-refractivity contribution is 6.30. The SMILES string of the molecule is CC(C)(C)NC(=O)C1(C2CCCCC2)CCN(NC(=O)[C@@H](Cc2ccc(Cl)cc2)NC(=O)[C@H]2CCCN2C(=O)OC(C)(C)C)CC1. The monoisotopic (exact) mass is 659 g/mol. The standard InChI is InChI=1S/C35H54ClN5O5/c1-33(2,3)38-31(44)35(25-11-8-7-9-12-25)18-21-40(22-19-35)39-29(42)27(23-24-14-16-26(36)17-15-24)37-30(43)28-13-10-20-41(28)32(45)46-34(4,5)6/h14-17,25,27-28H,7-13,18-23H2,1-6H3,(H,37,43)(H,38,44)(H,39,42)/t27-,28-/m1/s1. The number of hydrogen-bond acceptors (Lipinski definition) is 6. The number of rotatable bonds is 8. The van der Waals surface area contributed by atoms with E-state index < -0.39 is 29.2 Å². The molecule has 2 aliphatic heterocycles. The van der Waals surface area contributed by atoms with Crippen molar-refractivity contribution >= 4 is 35.4 Å². The summed E-state index contributed by atoms with van der Waals surface area (Å²) in [5.74, 6) is -0.268. The van der Waals surface area contributed by atoms with Crippen LogP contribution < -0.4 is 16.1 Å². The summed E-state index contributed by atoms with van der Waals surface area (Å²) >= 11 is 6.10. The normalized spacial score (nSPS) is 21.7. The molecule has 0 unspecified atom stereocenters. The molecule has 3 N–H and O–H groups in total. The largest absolute Gasteiger partial charge is 0.444 e. The molecule has 2 saturated heterocycles. The van der Waals surface area contributed by atoms with Crippen molar-refractivity contribution in [2.45, 2.75) is 129 Å². The van der Waals surface area contributed by atoms with Gasteiger partial charge in [0.1, 0.15) is 17.7 Å². The zero-order chi connectivity index (χ0) is 33.7. The molecule has 0 radical (unpaired) electrons. The van der Waals surface area contributed by atoms with Crippen LogP contribution in [0.5, 0.6) is 0 Å². The van der Waals surface area contributed by atoms with E-state index in [1.807, 2.05) is 37.9 Å². The van der Waals surface area contributed by atoms with Gasteiger partial charge in [0.25, 0.3) is 5.91 Å². The van der Waals surface area contributed by atoms with E-state index in [1.165, 1.54) is 11.3 Å². The maximum Gasteiger partial charge on any atom is 0.410 e. The van der Waals surface area contributed by atoms with E-state index in [4.69, 9.17) is 16.3 Å². The average Bonchev–Trinajstić information content (AvgIpc) is 3.48. The van der Waals surface area contributed by atoms with Gasteiger partial charge in [-0.15, -0.1) is 0 Å². The lowest BCUT2D eigenvalue weighted by Gasteiger charge is -2.47. The minimum Gasteiger partial charge on any atom is -0.444 e. The van der Waals surface area contributed by atoms with Gasteiger partial charge in [0.15, 0.2) is 0 Å². The predicted molar refractivity (Wildman–Crippen MR) is 179 cm³/mol. The van der Waals surface area contributed by atoms with Crippen LogP contribution in [0.3, 0.4) is 0 Å². The molecule has 1 aromatic carbocycles. The van der Waals surface area contributed by atoms with Crippen LogP contribution in [0.25, 0.3) is 0 Å². The number of amides is 4. The van der Waals surface area contributed by atoms with Crippen LogP contribution >= 0.6 is 11.6 Å². The first kappa shape index (κ1) is 36.0. The number of nitrogens with zero attached hydrogens (tertiary/aromatic N) is 2. The topological polar surface area (TPSA) is 120 Å². The minimum absolute atomic E-state index is 0.122.